The number of furan rings is 1. The fourth-order valence-electron chi connectivity index (χ4n) is 1.44. The van der Waals surface area contributed by atoms with E-state index in [2.05, 4.69) is 5.10 Å². The molecule has 0 bridgehead atoms. The molecule has 2 rings (SSSR count). The van der Waals surface area contributed by atoms with E-state index in [0.29, 0.717) is 0 Å². The summed E-state index contributed by atoms with van der Waals surface area (Å²) in [5.74, 6) is 1.59. The minimum Gasteiger partial charge on any atom is -0.458 e. The molecule has 2 aromatic heterocycles. The van der Waals surface area contributed by atoms with E-state index in [1.165, 1.54) is 0 Å². The van der Waals surface area contributed by atoms with Gasteiger partial charge >= 0.3 is 0 Å². The topological polar surface area (TPSA) is 57.0 Å². The molecule has 1 unspecified atom stereocenters. The summed E-state index contributed by atoms with van der Waals surface area (Å²) in [5.41, 5.74) is 6.71. The minimum atomic E-state index is -0.0255. The maximum absolute atomic E-state index is 5.87. The molecule has 0 spiro atoms. The Morgan fingerprint density at radius 2 is 2.27 bits per heavy atom. The molecule has 0 fully saturated rings. The van der Waals surface area contributed by atoms with Crippen molar-refractivity contribution < 1.29 is 4.42 Å². The molecule has 2 aromatic rings. The zero-order chi connectivity index (χ0) is 10.8. The molecule has 15 heavy (non-hydrogen) atoms. The summed E-state index contributed by atoms with van der Waals surface area (Å²) >= 11 is 0. The Morgan fingerprint density at radius 1 is 1.47 bits per heavy atom. The number of hydrogen-bond donors (Lipinski definition) is 1. The summed E-state index contributed by atoms with van der Waals surface area (Å²) in [6.45, 7) is 2.04. The monoisotopic (exact) mass is 205 g/mol. The molecule has 0 aliphatic rings. The van der Waals surface area contributed by atoms with Gasteiger partial charge in [0.05, 0.1) is 6.04 Å². The largest absolute Gasteiger partial charge is 0.458 e. The Morgan fingerprint density at radius 3 is 2.87 bits per heavy atom. The number of hydrogen-bond acceptors (Lipinski definition) is 3. The number of aryl methyl sites for hydroxylation is 1. The van der Waals surface area contributed by atoms with Crippen molar-refractivity contribution in [2.45, 2.75) is 19.4 Å². The highest BCUT2D eigenvalue weighted by Crippen LogP contribution is 2.23. The molecule has 0 aromatic carbocycles. The van der Waals surface area contributed by atoms with Crippen LogP contribution in [0.25, 0.3) is 11.5 Å². The average Bonchev–Trinajstić information content (AvgIpc) is 2.84. The van der Waals surface area contributed by atoms with E-state index in [-0.39, 0.29) is 6.04 Å². The van der Waals surface area contributed by atoms with Crippen molar-refractivity contribution in [2.24, 2.45) is 12.8 Å². The SMILES string of the molecule is CCC(N)c1ccc(-c2ccn(C)n2)o1. The van der Waals surface area contributed by atoms with Crippen LogP contribution in [0.5, 0.6) is 0 Å². The first-order valence-corrected chi connectivity index (χ1v) is 5.06. The van der Waals surface area contributed by atoms with Crippen LogP contribution in [0.2, 0.25) is 0 Å². The van der Waals surface area contributed by atoms with Gasteiger partial charge in [-0.05, 0) is 24.6 Å². The highest BCUT2D eigenvalue weighted by Gasteiger charge is 2.11. The van der Waals surface area contributed by atoms with E-state index >= 15 is 0 Å². The van der Waals surface area contributed by atoms with Crippen molar-refractivity contribution in [1.82, 2.24) is 9.78 Å². The Hall–Kier alpha value is -1.55. The minimum absolute atomic E-state index is 0.0255. The molecule has 1 atom stereocenters. The Bertz CT molecular complexity index is 444. The lowest BCUT2D eigenvalue weighted by Crippen LogP contribution is -2.06. The van der Waals surface area contributed by atoms with Crippen molar-refractivity contribution in [3.63, 3.8) is 0 Å². The third kappa shape index (κ3) is 1.94. The van der Waals surface area contributed by atoms with Crippen LogP contribution >= 0.6 is 0 Å². The molecular weight excluding hydrogens is 190 g/mol. The van der Waals surface area contributed by atoms with E-state index < -0.39 is 0 Å². The van der Waals surface area contributed by atoms with E-state index in [1.807, 2.05) is 38.4 Å². The van der Waals surface area contributed by atoms with Gasteiger partial charge in [0.15, 0.2) is 5.76 Å². The molecule has 0 saturated heterocycles. The fourth-order valence-corrected chi connectivity index (χ4v) is 1.44. The van der Waals surface area contributed by atoms with E-state index in [4.69, 9.17) is 10.2 Å². The molecule has 2 heterocycles. The molecule has 0 aliphatic carbocycles. The van der Waals surface area contributed by atoms with Gasteiger partial charge in [-0.25, -0.2) is 0 Å². The van der Waals surface area contributed by atoms with Gasteiger partial charge in [0, 0.05) is 13.2 Å². The van der Waals surface area contributed by atoms with Crippen LogP contribution < -0.4 is 5.73 Å². The second-order valence-electron chi connectivity index (χ2n) is 3.59. The van der Waals surface area contributed by atoms with E-state index in [1.54, 1.807) is 4.68 Å². The van der Waals surface area contributed by atoms with Crippen LogP contribution in [-0.4, -0.2) is 9.78 Å². The first kappa shape index (κ1) is 9.98. The smallest absolute Gasteiger partial charge is 0.154 e. The molecule has 0 saturated carbocycles. The summed E-state index contributed by atoms with van der Waals surface area (Å²) in [7, 11) is 1.88. The van der Waals surface area contributed by atoms with Gasteiger partial charge in [-0.2, -0.15) is 5.10 Å². The van der Waals surface area contributed by atoms with E-state index in [0.717, 1.165) is 23.6 Å². The highest BCUT2D eigenvalue weighted by molar-refractivity contribution is 5.51. The van der Waals surface area contributed by atoms with Crippen LogP contribution in [0.4, 0.5) is 0 Å². The fraction of sp³-hybridized carbons (Fsp3) is 0.364. The number of rotatable bonds is 3. The summed E-state index contributed by atoms with van der Waals surface area (Å²) in [6.07, 6.45) is 2.76. The van der Waals surface area contributed by atoms with Crippen molar-refractivity contribution in [2.75, 3.05) is 0 Å². The lowest BCUT2D eigenvalue weighted by molar-refractivity contribution is 0.468. The van der Waals surface area contributed by atoms with Crippen molar-refractivity contribution in [3.05, 3.63) is 30.2 Å². The Balaban J connectivity index is 2.27. The van der Waals surface area contributed by atoms with Gasteiger partial charge in [0.2, 0.25) is 0 Å². The highest BCUT2D eigenvalue weighted by atomic mass is 16.3. The van der Waals surface area contributed by atoms with E-state index in [9.17, 15) is 0 Å². The number of nitrogens with two attached hydrogens (primary N) is 1. The lowest BCUT2D eigenvalue weighted by Gasteiger charge is -2.02. The predicted octanol–water partition coefficient (Wildman–Crippen LogP) is 2.09. The predicted molar refractivity (Wildman–Crippen MR) is 58.1 cm³/mol. The van der Waals surface area contributed by atoms with Crippen molar-refractivity contribution in [3.8, 4) is 11.5 Å². The molecule has 80 valence electrons. The second kappa shape index (κ2) is 3.90. The second-order valence-corrected chi connectivity index (χ2v) is 3.59. The molecule has 4 nitrogen and oxygen atoms in total. The van der Waals surface area contributed by atoms with Gasteiger partial charge in [0.25, 0.3) is 0 Å². The zero-order valence-corrected chi connectivity index (χ0v) is 8.97. The number of nitrogens with zero attached hydrogens (tertiary/aromatic N) is 2. The van der Waals surface area contributed by atoms with Gasteiger partial charge < -0.3 is 10.2 Å². The molecule has 0 amide bonds. The maximum atomic E-state index is 5.87. The molecule has 2 N–H and O–H groups in total. The van der Waals surface area contributed by atoms with Crippen LogP contribution in [0.15, 0.2) is 28.8 Å². The normalized spacial score (nSPS) is 13.0. The number of aromatic nitrogens is 2. The maximum Gasteiger partial charge on any atom is 0.154 e. The summed E-state index contributed by atoms with van der Waals surface area (Å²) < 4.78 is 7.38. The van der Waals surface area contributed by atoms with Crippen LogP contribution in [0.3, 0.4) is 0 Å². The summed E-state index contributed by atoms with van der Waals surface area (Å²) in [6, 6.07) is 5.72. The summed E-state index contributed by atoms with van der Waals surface area (Å²) in [4.78, 5) is 0. The molecular formula is C11H15N3O. The third-order valence-corrected chi connectivity index (χ3v) is 2.40. The standard InChI is InChI=1S/C11H15N3O/c1-3-8(12)10-4-5-11(15-10)9-6-7-14(2)13-9/h4-8H,3,12H2,1-2H3. The molecule has 0 aliphatic heterocycles. The van der Waals surface area contributed by atoms with Crippen molar-refractivity contribution in [1.29, 1.82) is 0 Å². The van der Waals surface area contributed by atoms with Crippen LogP contribution in [0.1, 0.15) is 25.1 Å². The zero-order valence-electron chi connectivity index (χ0n) is 8.97. The van der Waals surface area contributed by atoms with Gasteiger partial charge in [-0.3, -0.25) is 4.68 Å². The average molecular weight is 205 g/mol. The Labute approximate surface area is 88.7 Å². The first-order valence-electron chi connectivity index (χ1n) is 5.06. The van der Waals surface area contributed by atoms with Crippen LogP contribution in [-0.2, 0) is 7.05 Å². The summed E-state index contributed by atoms with van der Waals surface area (Å²) in [5, 5.41) is 4.26. The molecule has 4 heteroatoms. The first-order chi connectivity index (χ1) is 7.20. The lowest BCUT2D eigenvalue weighted by atomic mass is 10.2. The van der Waals surface area contributed by atoms with Gasteiger partial charge in [-0.15, -0.1) is 0 Å². The van der Waals surface area contributed by atoms with Gasteiger partial charge in [-0.1, -0.05) is 6.92 Å². The molecule has 0 radical (unpaired) electrons. The van der Waals surface area contributed by atoms with Crippen molar-refractivity contribution >= 4 is 0 Å². The third-order valence-electron chi connectivity index (χ3n) is 2.40. The van der Waals surface area contributed by atoms with Crippen LogP contribution in [0, 0.1) is 0 Å². The quantitative estimate of drug-likeness (QED) is 0.834. The van der Waals surface area contributed by atoms with Gasteiger partial charge in [0.1, 0.15) is 11.5 Å². The Kier molecular flexibility index (Phi) is 2.60.